The van der Waals surface area contributed by atoms with Crippen molar-refractivity contribution in [3.8, 4) is 0 Å². The highest BCUT2D eigenvalue weighted by Gasteiger charge is 2.20. The highest BCUT2D eigenvalue weighted by molar-refractivity contribution is 5.76. The molecule has 6 nitrogen and oxygen atoms in total. The first-order valence-electron chi connectivity index (χ1n) is 5.48. The van der Waals surface area contributed by atoms with Gasteiger partial charge in [0.05, 0.1) is 0 Å². The molecule has 0 unspecified atom stereocenters. The number of nitrogens with one attached hydrogen (secondary N) is 2. The lowest BCUT2D eigenvalue weighted by molar-refractivity contribution is 0.521. The highest BCUT2D eigenvalue weighted by atomic mass is 16.4. The monoisotopic (exact) mass is 234 g/mol. The summed E-state index contributed by atoms with van der Waals surface area (Å²) in [5, 5.41) is 0.305. The van der Waals surface area contributed by atoms with Gasteiger partial charge in [-0.3, -0.25) is 14.8 Å². The van der Waals surface area contributed by atoms with Gasteiger partial charge in [0.2, 0.25) is 5.71 Å². The number of aryl methyl sites for hydroxylation is 1. The Bertz CT molecular complexity index is 766. The van der Waals surface area contributed by atoms with Gasteiger partial charge in [-0.2, -0.15) is 0 Å². The van der Waals surface area contributed by atoms with Gasteiger partial charge in [0, 0.05) is 5.56 Å². The van der Waals surface area contributed by atoms with Crippen molar-refractivity contribution in [2.75, 3.05) is 0 Å². The number of rotatable bonds is 0. The van der Waals surface area contributed by atoms with E-state index in [4.69, 9.17) is 4.42 Å². The molecule has 0 bridgehead atoms. The third-order valence-electron chi connectivity index (χ3n) is 3.12. The number of H-pyrrole nitrogens is 2. The fourth-order valence-electron chi connectivity index (χ4n) is 2.38. The molecule has 17 heavy (non-hydrogen) atoms. The van der Waals surface area contributed by atoms with E-state index in [1.54, 1.807) is 0 Å². The predicted octanol–water partition coefficient (Wildman–Crippen LogP) is 0.0484. The van der Waals surface area contributed by atoms with E-state index < -0.39 is 16.9 Å². The summed E-state index contributed by atoms with van der Waals surface area (Å²) in [6, 6.07) is 0. The highest BCUT2D eigenvalue weighted by Crippen LogP contribution is 2.22. The first kappa shape index (κ1) is 10.1. The normalized spacial score (nSPS) is 14.8. The summed E-state index contributed by atoms with van der Waals surface area (Å²) in [7, 11) is 0. The molecule has 2 aromatic heterocycles. The van der Waals surface area contributed by atoms with Crippen molar-refractivity contribution >= 4 is 11.1 Å². The van der Waals surface area contributed by atoms with Gasteiger partial charge in [0.1, 0.15) is 5.39 Å². The average Bonchev–Trinajstić information content (AvgIpc) is 2.28. The van der Waals surface area contributed by atoms with Crippen LogP contribution in [0.4, 0.5) is 0 Å². The Balaban J connectivity index is 2.56. The van der Waals surface area contributed by atoms with Crippen LogP contribution >= 0.6 is 0 Å². The van der Waals surface area contributed by atoms with Crippen molar-refractivity contribution in [3.05, 3.63) is 42.4 Å². The van der Waals surface area contributed by atoms with Gasteiger partial charge in [-0.15, -0.1) is 0 Å². The molecule has 1 aliphatic rings. The summed E-state index contributed by atoms with van der Waals surface area (Å²) in [5.41, 5.74) is -0.341. The molecule has 0 saturated carbocycles. The van der Waals surface area contributed by atoms with Gasteiger partial charge in [0.25, 0.3) is 5.56 Å². The fraction of sp³-hybridized carbons (Fsp3) is 0.364. The second-order valence-corrected chi connectivity index (χ2v) is 4.17. The van der Waals surface area contributed by atoms with E-state index in [9.17, 15) is 14.4 Å². The fourth-order valence-corrected chi connectivity index (χ4v) is 2.38. The van der Waals surface area contributed by atoms with Gasteiger partial charge in [-0.05, 0) is 31.2 Å². The lowest BCUT2D eigenvalue weighted by Gasteiger charge is -2.14. The quantitative estimate of drug-likeness (QED) is 0.673. The Labute approximate surface area is 94.3 Å². The Morgan fingerprint density at radius 3 is 2.41 bits per heavy atom. The summed E-state index contributed by atoms with van der Waals surface area (Å²) < 4.78 is 4.99. The summed E-state index contributed by atoms with van der Waals surface area (Å²) >= 11 is 0. The van der Waals surface area contributed by atoms with Crippen LogP contribution in [0.5, 0.6) is 0 Å². The van der Waals surface area contributed by atoms with Gasteiger partial charge in [0.15, 0.2) is 0 Å². The van der Waals surface area contributed by atoms with E-state index in [2.05, 4.69) is 9.97 Å². The summed E-state index contributed by atoms with van der Waals surface area (Å²) in [6.45, 7) is 0. The second-order valence-electron chi connectivity index (χ2n) is 4.17. The molecule has 6 heteroatoms. The van der Waals surface area contributed by atoms with E-state index in [0.717, 1.165) is 18.4 Å². The maximum absolute atomic E-state index is 11.7. The van der Waals surface area contributed by atoms with Crippen molar-refractivity contribution in [1.29, 1.82) is 0 Å². The van der Waals surface area contributed by atoms with E-state index in [1.807, 2.05) is 0 Å². The zero-order valence-corrected chi connectivity index (χ0v) is 8.96. The molecule has 0 fully saturated rings. The Kier molecular flexibility index (Phi) is 2.04. The molecule has 0 aromatic carbocycles. The van der Waals surface area contributed by atoms with E-state index in [0.29, 0.717) is 23.8 Å². The summed E-state index contributed by atoms with van der Waals surface area (Å²) in [6.07, 6.45) is 3.16. The van der Waals surface area contributed by atoms with E-state index >= 15 is 0 Å². The van der Waals surface area contributed by atoms with Crippen molar-refractivity contribution < 1.29 is 4.42 Å². The zero-order chi connectivity index (χ0) is 12.0. The average molecular weight is 234 g/mol. The molecule has 2 N–H and O–H groups in total. The lowest BCUT2D eigenvalue weighted by atomic mass is 9.92. The molecule has 2 heterocycles. The summed E-state index contributed by atoms with van der Waals surface area (Å²) in [5.74, 6) is 0. The van der Waals surface area contributed by atoms with Crippen molar-refractivity contribution in [3.63, 3.8) is 0 Å². The minimum absolute atomic E-state index is 0.0237. The van der Waals surface area contributed by atoms with Crippen LogP contribution in [0, 0.1) is 0 Å². The Morgan fingerprint density at radius 1 is 0.941 bits per heavy atom. The van der Waals surface area contributed by atoms with Crippen molar-refractivity contribution in [1.82, 2.24) is 9.97 Å². The molecule has 0 spiro atoms. The molecule has 0 radical (unpaired) electrons. The Hall–Kier alpha value is -2.11. The minimum atomic E-state index is -0.665. The molecule has 0 saturated heterocycles. The predicted molar refractivity (Wildman–Crippen MR) is 60.4 cm³/mol. The standard InChI is InChI=1S/C11H10N2O4/c14-8-7-5-3-1-2-4-6(5)10(15)17-9(7)13-11(16)12-8/h1-4H2,(H2,12,13,14,16). The van der Waals surface area contributed by atoms with Crippen LogP contribution in [0.3, 0.4) is 0 Å². The number of aromatic amines is 2. The minimum Gasteiger partial charge on any atom is -0.405 e. The molecular formula is C11H10N2O4. The van der Waals surface area contributed by atoms with Crippen molar-refractivity contribution in [2.45, 2.75) is 25.7 Å². The lowest BCUT2D eigenvalue weighted by Crippen LogP contribution is -2.26. The topological polar surface area (TPSA) is 95.9 Å². The number of fused-ring (bicyclic) bond motifs is 3. The van der Waals surface area contributed by atoms with Crippen LogP contribution in [0.15, 0.2) is 18.8 Å². The maximum Gasteiger partial charge on any atom is 0.340 e. The zero-order valence-electron chi connectivity index (χ0n) is 8.96. The van der Waals surface area contributed by atoms with Crippen LogP contribution in [-0.2, 0) is 12.8 Å². The van der Waals surface area contributed by atoms with Gasteiger partial charge < -0.3 is 4.42 Å². The molecule has 0 amide bonds. The third kappa shape index (κ3) is 1.44. The molecule has 0 atom stereocenters. The van der Waals surface area contributed by atoms with Crippen LogP contribution in [0.25, 0.3) is 11.1 Å². The van der Waals surface area contributed by atoms with Gasteiger partial charge >= 0.3 is 11.3 Å². The third-order valence-corrected chi connectivity index (χ3v) is 3.12. The number of hydrogen-bond donors (Lipinski definition) is 2. The SMILES string of the molecule is O=c1[nH]c(=O)c2c3c(c(=O)oc2[nH]1)CCCC3. The van der Waals surface area contributed by atoms with Crippen LogP contribution < -0.4 is 16.9 Å². The van der Waals surface area contributed by atoms with Crippen LogP contribution in [0.2, 0.25) is 0 Å². The van der Waals surface area contributed by atoms with Gasteiger partial charge in [-0.25, -0.2) is 9.59 Å². The number of aromatic nitrogens is 2. The van der Waals surface area contributed by atoms with Crippen LogP contribution in [0.1, 0.15) is 24.0 Å². The molecule has 2 aromatic rings. The largest absolute Gasteiger partial charge is 0.405 e. The Morgan fingerprint density at radius 2 is 1.65 bits per heavy atom. The van der Waals surface area contributed by atoms with Crippen molar-refractivity contribution in [2.24, 2.45) is 0 Å². The van der Waals surface area contributed by atoms with Gasteiger partial charge in [-0.1, -0.05) is 0 Å². The summed E-state index contributed by atoms with van der Waals surface area (Å²) in [4.78, 5) is 39.1. The smallest absolute Gasteiger partial charge is 0.340 e. The number of hydrogen-bond acceptors (Lipinski definition) is 4. The van der Waals surface area contributed by atoms with E-state index in [1.165, 1.54) is 0 Å². The molecule has 88 valence electrons. The molecule has 3 rings (SSSR count). The first-order chi connectivity index (χ1) is 8.16. The van der Waals surface area contributed by atoms with E-state index in [-0.39, 0.29) is 5.71 Å². The molecule has 1 aliphatic carbocycles. The molecular weight excluding hydrogens is 224 g/mol. The maximum atomic E-state index is 11.7. The van der Waals surface area contributed by atoms with Crippen LogP contribution in [-0.4, -0.2) is 9.97 Å². The first-order valence-corrected chi connectivity index (χ1v) is 5.48. The second kappa shape index (κ2) is 3.44. The molecule has 0 aliphatic heterocycles.